The number of esters is 2. The van der Waals surface area contributed by atoms with Gasteiger partial charge < -0.3 is 42.2 Å². The van der Waals surface area contributed by atoms with E-state index in [0.717, 1.165) is 25.8 Å². The molecule has 0 saturated carbocycles. The Labute approximate surface area is 228 Å². The third-order valence-corrected chi connectivity index (χ3v) is 5.54. The van der Waals surface area contributed by atoms with E-state index >= 15 is 0 Å². The highest BCUT2D eigenvalue weighted by molar-refractivity contribution is 7.13. The van der Waals surface area contributed by atoms with Crippen molar-refractivity contribution in [3.05, 3.63) is 11.6 Å². The number of unbranched alkanes of at least 4 members (excludes halogenated alkanes) is 2. The Bertz CT molecular complexity index is 582. The van der Waals surface area contributed by atoms with Gasteiger partial charge in [0.05, 0.1) is 20.1 Å². The van der Waals surface area contributed by atoms with Gasteiger partial charge in [-0.1, -0.05) is 6.42 Å². The molecule has 8 N–H and O–H groups in total. The topological polar surface area (TPSA) is 171 Å². The minimum atomic E-state index is -0.213. The number of carbonyl (C=O) groups is 2. The standard InChI is InChI=1S/C7H15NO2.C6H14N2.C5H11NO2.C4H9N.C3H4N2S/c1-10-7(9)5-3-2-4-6-8;1-8-5-2-3-7-4-6-8;1-2-8-5(7)3-4-6;1-2-4-5-3-1;4-3-5-1-2-6-3/h2-6,8H2,1H3;7H,2-6H2,1H3;2-4,6H2,1H3;5H,1-4H2;1-2H,(H2,4,5). The van der Waals surface area contributed by atoms with Crippen molar-refractivity contribution >= 4 is 28.4 Å². The normalized spacial score (nSPS) is 14.5. The average molecular weight is 548 g/mol. The zero-order valence-electron chi connectivity index (χ0n) is 23.3. The molecule has 0 bridgehead atoms. The van der Waals surface area contributed by atoms with Gasteiger partial charge in [0.25, 0.3) is 0 Å². The SMILES string of the molecule is C1CCNC1.CCOC(=O)CCN.CN1CCCNCC1.COC(=O)CCCCCN.Nc1nccs1. The maximum absolute atomic E-state index is 10.5. The van der Waals surface area contributed by atoms with E-state index in [1.54, 1.807) is 13.1 Å². The molecule has 1 aromatic heterocycles. The van der Waals surface area contributed by atoms with Crippen LogP contribution in [0.4, 0.5) is 5.13 Å². The Balaban J connectivity index is 0. The van der Waals surface area contributed by atoms with Gasteiger partial charge in [0, 0.05) is 37.6 Å². The monoisotopic (exact) mass is 547 g/mol. The zero-order chi connectivity index (χ0) is 28.0. The largest absolute Gasteiger partial charge is 0.469 e. The lowest BCUT2D eigenvalue weighted by Gasteiger charge is -2.09. The van der Waals surface area contributed by atoms with Gasteiger partial charge in [0.1, 0.15) is 0 Å². The summed E-state index contributed by atoms with van der Waals surface area (Å²) in [4.78, 5) is 26.9. The second-order valence-corrected chi connectivity index (χ2v) is 9.18. The number of nitrogens with one attached hydrogen (secondary N) is 2. The van der Waals surface area contributed by atoms with Crippen LogP contribution in [0.15, 0.2) is 11.6 Å². The fourth-order valence-corrected chi connectivity index (χ4v) is 3.27. The van der Waals surface area contributed by atoms with Crippen LogP contribution in [0.2, 0.25) is 0 Å². The summed E-state index contributed by atoms with van der Waals surface area (Å²) >= 11 is 1.44. The molecule has 12 heteroatoms. The number of methoxy groups -OCH3 is 1. The van der Waals surface area contributed by atoms with Gasteiger partial charge in [0.15, 0.2) is 5.13 Å². The smallest absolute Gasteiger partial charge is 0.307 e. The van der Waals surface area contributed by atoms with Gasteiger partial charge in [-0.3, -0.25) is 9.59 Å². The fraction of sp³-hybridized carbons (Fsp3) is 0.800. The number of aromatic nitrogens is 1. The molecule has 1 aromatic rings. The molecular formula is C25H53N7O4S. The number of hydrogen-bond acceptors (Lipinski definition) is 12. The molecular weight excluding hydrogens is 494 g/mol. The first-order valence-corrected chi connectivity index (χ1v) is 14.2. The molecule has 3 heterocycles. The fourth-order valence-electron chi connectivity index (χ4n) is 2.88. The van der Waals surface area contributed by atoms with Crippen molar-refractivity contribution in [2.24, 2.45) is 11.5 Å². The Kier molecular flexibility index (Phi) is 30.7. The van der Waals surface area contributed by atoms with E-state index < -0.39 is 0 Å². The minimum absolute atomic E-state index is 0.128. The summed E-state index contributed by atoms with van der Waals surface area (Å²) in [5.41, 5.74) is 15.5. The van der Waals surface area contributed by atoms with Crippen LogP contribution in [0.5, 0.6) is 0 Å². The predicted molar refractivity (Wildman–Crippen MR) is 153 cm³/mol. The molecule has 3 rings (SSSR count). The number of hydrogen-bond donors (Lipinski definition) is 5. The molecule has 218 valence electrons. The van der Waals surface area contributed by atoms with Crippen molar-refractivity contribution in [2.45, 2.75) is 58.3 Å². The molecule has 0 aliphatic carbocycles. The van der Waals surface area contributed by atoms with Crippen molar-refractivity contribution < 1.29 is 19.1 Å². The molecule has 37 heavy (non-hydrogen) atoms. The Hall–Kier alpha value is -1.83. The predicted octanol–water partition coefficient (Wildman–Crippen LogP) is 1.58. The minimum Gasteiger partial charge on any atom is -0.469 e. The number of likely N-dealkylation sites (N-methyl/N-ethyl adjacent to an activating group) is 1. The molecule has 11 nitrogen and oxygen atoms in total. The van der Waals surface area contributed by atoms with Gasteiger partial charge in [-0.2, -0.15) is 0 Å². The summed E-state index contributed by atoms with van der Waals surface area (Å²) in [5, 5.41) is 9.04. The number of nitrogen functional groups attached to an aromatic ring is 1. The first-order chi connectivity index (χ1) is 17.9. The van der Waals surface area contributed by atoms with Crippen LogP contribution in [-0.2, 0) is 19.1 Å². The molecule has 0 atom stereocenters. The van der Waals surface area contributed by atoms with Crippen LogP contribution in [0.25, 0.3) is 0 Å². The van der Waals surface area contributed by atoms with Crippen molar-refractivity contribution in [1.82, 2.24) is 20.5 Å². The molecule has 0 spiro atoms. The second-order valence-electron chi connectivity index (χ2n) is 8.25. The first kappa shape index (κ1) is 37.3. The summed E-state index contributed by atoms with van der Waals surface area (Å²) in [5.74, 6) is -0.341. The Morgan fingerprint density at radius 1 is 0.973 bits per heavy atom. The van der Waals surface area contributed by atoms with Crippen LogP contribution in [0.1, 0.15) is 58.3 Å². The number of rotatable bonds is 8. The number of nitrogens with zero attached hydrogens (tertiary/aromatic N) is 2. The van der Waals surface area contributed by atoms with Crippen LogP contribution in [0, 0.1) is 0 Å². The number of thiazole rings is 1. The average Bonchev–Trinajstić information content (AvgIpc) is 3.58. The van der Waals surface area contributed by atoms with Crippen LogP contribution < -0.4 is 27.8 Å². The van der Waals surface area contributed by atoms with Crippen molar-refractivity contribution in [1.29, 1.82) is 0 Å². The maximum atomic E-state index is 10.5. The summed E-state index contributed by atoms with van der Waals surface area (Å²) < 4.78 is 9.02. The lowest BCUT2D eigenvalue weighted by Crippen LogP contribution is -2.23. The van der Waals surface area contributed by atoms with Gasteiger partial charge >= 0.3 is 11.9 Å². The van der Waals surface area contributed by atoms with E-state index in [9.17, 15) is 9.59 Å². The molecule has 0 radical (unpaired) electrons. The Morgan fingerprint density at radius 3 is 2.11 bits per heavy atom. The van der Waals surface area contributed by atoms with Gasteiger partial charge in [0.2, 0.25) is 0 Å². The molecule has 2 aliphatic rings. The van der Waals surface area contributed by atoms with E-state index in [2.05, 4.69) is 37.0 Å². The van der Waals surface area contributed by atoms with Crippen molar-refractivity contribution in [2.75, 3.05) is 78.9 Å². The molecule has 2 fully saturated rings. The molecule has 0 aromatic carbocycles. The third kappa shape index (κ3) is 32.1. The Morgan fingerprint density at radius 2 is 1.65 bits per heavy atom. The quantitative estimate of drug-likeness (QED) is 0.236. The molecule has 0 unspecified atom stereocenters. The maximum Gasteiger partial charge on any atom is 0.307 e. The van der Waals surface area contributed by atoms with Crippen LogP contribution >= 0.6 is 11.3 Å². The molecule has 2 aliphatic heterocycles. The van der Waals surface area contributed by atoms with E-state index in [-0.39, 0.29) is 11.9 Å². The lowest BCUT2D eigenvalue weighted by atomic mass is 10.2. The highest BCUT2D eigenvalue weighted by Crippen LogP contribution is 2.02. The summed E-state index contributed by atoms with van der Waals surface area (Å²) in [7, 11) is 3.58. The van der Waals surface area contributed by atoms with Crippen molar-refractivity contribution in [3.63, 3.8) is 0 Å². The highest BCUT2D eigenvalue weighted by atomic mass is 32.1. The lowest BCUT2D eigenvalue weighted by molar-refractivity contribution is -0.143. The van der Waals surface area contributed by atoms with E-state index in [1.165, 1.54) is 70.4 Å². The van der Waals surface area contributed by atoms with Crippen molar-refractivity contribution in [3.8, 4) is 0 Å². The van der Waals surface area contributed by atoms with Gasteiger partial charge in [-0.25, -0.2) is 4.98 Å². The third-order valence-electron chi connectivity index (χ3n) is 4.94. The zero-order valence-corrected chi connectivity index (χ0v) is 24.2. The first-order valence-electron chi connectivity index (χ1n) is 13.3. The van der Waals surface area contributed by atoms with Gasteiger partial charge in [-0.05, 0) is 78.8 Å². The number of anilines is 1. The van der Waals surface area contributed by atoms with E-state index in [0.29, 0.717) is 37.7 Å². The second kappa shape index (κ2) is 30.4. The number of ether oxygens (including phenoxy) is 2. The number of nitrogens with two attached hydrogens (primary N) is 3. The molecule has 0 amide bonds. The summed E-state index contributed by atoms with van der Waals surface area (Å²) in [6.07, 6.45) is 9.52. The van der Waals surface area contributed by atoms with Crippen LogP contribution in [0.3, 0.4) is 0 Å². The summed E-state index contributed by atoms with van der Waals surface area (Å²) in [6.45, 7) is 10.6. The van der Waals surface area contributed by atoms with Gasteiger partial charge in [-0.15, -0.1) is 11.3 Å². The number of carbonyl (C=O) groups excluding carboxylic acids is 2. The summed E-state index contributed by atoms with van der Waals surface area (Å²) in [6, 6.07) is 0. The van der Waals surface area contributed by atoms with E-state index in [4.69, 9.17) is 17.2 Å². The molecule has 2 saturated heterocycles. The highest BCUT2D eigenvalue weighted by Gasteiger charge is 2.00. The van der Waals surface area contributed by atoms with E-state index in [1.807, 2.05) is 5.38 Å². The van der Waals surface area contributed by atoms with Crippen LogP contribution in [-0.4, -0.2) is 94.9 Å².